The van der Waals surface area contributed by atoms with Gasteiger partial charge in [-0.2, -0.15) is 0 Å². The van der Waals surface area contributed by atoms with Crippen molar-refractivity contribution < 1.29 is 9.53 Å². The van der Waals surface area contributed by atoms with Crippen molar-refractivity contribution >= 4 is 24.0 Å². The van der Waals surface area contributed by atoms with Crippen LogP contribution in [0.5, 0.6) is 5.75 Å². The molecule has 0 aliphatic rings. The van der Waals surface area contributed by atoms with E-state index < -0.39 is 0 Å². The number of anilines is 1. The fraction of sp³-hybridized carbons (Fsp3) is 0.208. The van der Waals surface area contributed by atoms with Crippen LogP contribution in [0.3, 0.4) is 0 Å². The van der Waals surface area contributed by atoms with Gasteiger partial charge in [0.1, 0.15) is 18.0 Å². The number of halogens is 1. The van der Waals surface area contributed by atoms with Gasteiger partial charge in [0.25, 0.3) is 0 Å². The van der Waals surface area contributed by atoms with E-state index >= 15 is 0 Å². The number of hydrogen-bond acceptors (Lipinski definition) is 6. The summed E-state index contributed by atoms with van der Waals surface area (Å²) in [6.45, 7) is 7.58. The van der Waals surface area contributed by atoms with E-state index in [0.29, 0.717) is 23.9 Å². The highest BCUT2D eigenvalue weighted by Gasteiger charge is 2.16. The van der Waals surface area contributed by atoms with Gasteiger partial charge in [-0.3, -0.25) is 9.78 Å². The molecule has 0 spiro atoms. The number of tetrazole rings is 1. The molecule has 0 saturated carbocycles. The molecular formula is C24H25ClN6O2. The number of carbonyl (C=O) groups is 1. The summed E-state index contributed by atoms with van der Waals surface area (Å²) in [7, 11) is 0. The molecule has 0 bridgehead atoms. The third-order valence-corrected chi connectivity index (χ3v) is 5.28. The second kappa shape index (κ2) is 10.2. The van der Waals surface area contributed by atoms with Crippen LogP contribution in [0, 0.1) is 20.8 Å². The Hall–Kier alpha value is -3.78. The first-order valence-corrected chi connectivity index (χ1v) is 10.2. The molecule has 8 nitrogen and oxygen atoms in total. The maximum atomic E-state index is 11.7. The topological polar surface area (TPSA) is 106 Å². The summed E-state index contributed by atoms with van der Waals surface area (Å²) in [4.78, 5) is 16.2. The fourth-order valence-electron chi connectivity index (χ4n) is 3.56. The number of nitrogens with one attached hydrogen (secondary N) is 2. The lowest BCUT2D eigenvalue weighted by molar-refractivity contribution is -0.114. The summed E-state index contributed by atoms with van der Waals surface area (Å²) in [6.07, 6.45) is 0. The lowest BCUT2D eigenvalue weighted by Gasteiger charge is -2.18. The van der Waals surface area contributed by atoms with Gasteiger partial charge in [-0.25, -0.2) is 5.10 Å². The van der Waals surface area contributed by atoms with E-state index in [1.54, 1.807) is 0 Å². The van der Waals surface area contributed by atoms with Crippen LogP contribution in [0.15, 0.2) is 48.5 Å². The van der Waals surface area contributed by atoms with Crippen LogP contribution in [0.1, 0.15) is 29.4 Å². The minimum absolute atomic E-state index is 0. The van der Waals surface area contributed by atoms with Crippen LogP contribution in [0.4, 0.5) is 5.69 Å². The molecule has 33 heavy (non-hydrogen) atoms. The summed E-state index contributed by atoms with van der Waals surface area (Å²) in [5.74, 6) is 1.11. The maximum absolute atomic E-state index is 11.7. The molecule has 0 fully saturated rings. The number of carbonyl (C=O) groups excluding carboxylic acids is 1. The zero-order valence-electron chi connectivity index (χ0n) is 18.8. The van der Waals surface area contributed by atoms with Crippen molar-refractivity contribution in [3.05, 3.63) is 71.0 Å². The summed E-state index contributed by atoms with van der Waals surface area (Å²) >= 11 is 0. The SMILES string of the molecule is CC(=O)Nc1c(C)nc(C)c(C)c1OCc1ccc(-c2ccccc2-c2nnn[nH]2)cc1.Cl. The van der Waals surface area contributed by atoms with Gasteiger partial charge in [0.05, 0.1) is 5.69 Å². The Morgan fingerprint density at radius 1 is 1.00 bits per heavy atom. The van der Waals surface area contributed by atoms with Gasteiger partial charge in [0.15, 0.2) is 5.82 Å². The number of aryl methyl sites for hydroxylation is 2. The highest BCUT2D eigenvalue weighted by atomic mass is 35.5. The molecule has 1 amide bonds. The molecule has 2 aromatic heterocycles. The third-order valence-electron chi connectivity index (χ3n) is 5.28. The largest absolute Gasteiger partial charge is 0.486 e. The smallest absolute Gasteiger partial charge is 0.221 e. The monoisotopic (exact) mass is 464 g/mol. The quantitative estimate of drug-likeness (QED) is 0.424. The van der Waals surface area contributed by atoms with Crippen LogP contribution in [0.2, 0.25) is 0 Å². The average Bonchev–Trinajstić information content (AvgIpc) is 3.32. The molecule has 0 saturated heterocycles. The minimum atomic E-state index is -0.159. The maximum Gasteiger partial charge on any atom is 0.221 e. The highest BCUT2D eigenvalue weighted by Crippen LogP contribution is 2.34. The van der Waals surface area contributed by atoms with Crippen molar-refractivity contribution in [2.75, 3.05) is 5.32 Å². The number of amides is 1. The first-order valence-electron chi connectivity index (χ1n) is 10.2. The van der Waals surface area contributed by atoms with Crippen molar-refractivity contribution in [3.8, 4) is 28.3 Å². The Balaban J connectivity index is 0.00000306. The number of rotatable bonds is 6. The van der Waals surface area contributed by atoms with Gasteiger partial charge in [-0.05, 0) is 47.9 Å². The lowest BCUT2D eigenvalue weighted by Crippen LogP contribution is -2.12. The molecule has 2 aromatic carbocycles. The van der Waals surface area contributed by atoms with E-state index in [1.807, 2.05) is 69.3 Å². The number of nitrogens with zero attached hydrogens (tertiary/aromatic N) is 4. The first-order chi connectivity index (χ1) is 15.4. The van der Waals surface area contributed by atoms with Crippen LogP contribution in [-0.4, -0.2) is 31.5 Å². The zero-order valence-corrected chi connectivity index (χ0v) is 19.7. The Morgan fingerprint density at radius 2 is 1.70 bits per heavy atom. The molecule has 4 aromatic rings. The van der Waals surface area contributed by atoms with Gasteiger partial charge in [-0.1, -0.05) is 48.5 Å². The van der Waals surface area contributed by atoms with Crippen LogP contribution in [-0.2, 0) is 11.4 Å². The molecule has 0 aliphatic carbocycles. The Kier molecular flexibility index (Phi) is 7.40. The predicted octanol–water partition coefficient (Wildman–Crippen LogP) is 4.81. The molecule has 170 valence electrons. The number of benzene rings is 2. The molecule has 4 rings (SSSR count). The second-order valence-corrected chi connectivity index (χ2v) is 7.57. The average molecular weight is 465 g/mol. The number of aromatic nitrogens is 5. The second-order valence-electron chi connectivity index (χ2n) is 7.57. The van der Waals surface area contributed by atoms with Crippen molar-refractivity contribution in [3.63, 3.8) is 0 Å². The van der Waals surface area contributed by atoms with Crippen LogP contribution in [0.25, 0.3) is 22.5 Å². The van der Waals surface area contributed by atoms with E-state index in [1.165, 1.54) is 6.92 Å². The van der Waals surface area contributed by atoms with Crippen LogP contribution < -0.4 is 10.1 Å². The van der Waals surface area contributed by atoms with E-state index in [9.17, 15) is 4.79 Å². The number of hydrogen-bond donors (Lipinski definition) is 2. The molecule has 0 atom stereocenters. The zero-order chi connectivity index (χ0) is 22.7. The number of pyridine rings is 1. The van der Waals surface area contributed by atoms with E-state index in [0.717, 1.165) is 39.2 Å². The van der Waals surface area contributed by atoms with Gasteiger partial charge < -0.3 is 10.1 Å². The van der Waals surface area contributed by atoms with Crippen molar-refractivity contribution in [2.24, 2.45) is 0 Å². The molecule has 2 heterocycles. The van der Waals surface area contributed by atoms with E-state index in [2.05, 4.69) is 30.9 Å². The Labute approximate surface area is 198 Å². The van der Waals surface area contributed by atoms with E-state index in [-0.39, 0.29) is 18.3 Å². The van der Waals surface area contributed by atoms with Crippen LogP contribution >= 0.6 is 12.4 Å². The summed E-state index contributed by atoms with van der Waals surface area (Å²) in [5.41, 5.74) is 7.15. The van der Waals surface area contributed by atoms with Crippen molar-refractivity contribution in [2.45, 2.75) is 34.3 Å². The Bertz CT molecular complexity index is 1260. The van der Waals surface area contributed by atoms with Gasteiger partial charge in [0.2, 0.25) is 5.91 Å². The molecule has 9 heteroatoms. The number of ether oxygens (including phenoxy) is 1. The van der Waals surface area contributed by atoms with Gasteiger partial charge in [-0.15, -0.1) is 17.5 Å². The molecule has 0 unspecified atom stereocenters. The number of aromatic amines is 1. The fourth-order valence-corrected chi connectivity index (χ4v) is 3.56. The molecule has 2 N–H and O–H groups in total. The lowest BCUT2D eigenvalue weighted by atomic mass is 9.98. The van der Waals surface area contributed by atoms with Crippen molar-refractivity contribution in [1.82, 2.24) is 25.6 Å². The third kappa shape index (κ3) is 5.18. The summed E-state index contributed by atoms with van der Waals surface area (Å²) < 4.78 is 6.16. The van der Waals surface area contributed by atoms with Gasteiger partial charge in [0, 0.05) is 23.7 Å². The van der Waals surface area contributed by atoms with Crippen molar-refractivity contribution in [1.29, 1.82) is 0 Å². The first kappa shape index (κ1) is 23.9. The Morgan fingerprint density at radius 3 is 2.33 bits per heavy atom. The normalized spacial score (nSPS) is 10.4. The summed E-state index contributed by atoms with van der Waals surface area (Å²) in [5, 5.41) is 17.1. The number of H-pyrrole nitrogens is 1. The molecule has 0 radical (unpaired) electrons. The predicted molar refractivity (Wildman–Crippen MR) is 129 cm³/mol. The van der Waals surface area contributed by atoms with Gasteiger partial charge >= 0.3 is 0 Å². The van der Waals surface area contributed by atoms with E-state index in [4.69, 9.17) is 4.74 Å². The summed E-state index contributed by atoms with van der Waals surface area (Å²) in [6, 6.07) is 16.1. The molecular weight excluding hydrogens is 440 g/mol. The molecule has 0 aliphatic heterocycles. The standard InChI is InChI=1S/C24H24N6O2.ClH/c1-14-15(2)25-16(3)22(26-17(4)31)23(14)32-13-18-9-11-19(12-10-18)20-7-5-6-8-21(20)24-27-29-30-28-24;/h5-12H,13H2,1-4H3,(H,26,31)(H,27,28,29,30);1H. The minimum Gasteiger partial charge on any atom is -0.486 e. The highest BCUT2D eigenvalue weighted by molar-refractivity contribution is 5.91.